The van der Waals surface area contributed by atoms with Crippen molar-refractivity contribution in [2.45, 2.75) is 44.6 Å². The molecular formula is C17H28N2OS. The van der Waals surface area contributed by atoms with Crippen LogP contribution in [-0.4, -0.2) is 48.0 Å². The Kier molecular flexibility index (Phi) is 5.64. The van der Waals surface area contributed by atoms with Crippen LogP contribution < -0.4 is 5.32 Å². The Bertz CT molecular complexity index is 371. The third-order valence-electron chi connectivity index (χ3n) is 5.28. The van der Waals surface area contributed by atoms with Crippen LogP contribution in [0.1, 0.15) is 38.5 Å². The van der Waals surface area contributed by atoms with Crippen LogP contribution in [0.25, 0.3) is 0 Å². The number of rotatable bonds is 4. The zero-order valence-corrected chi connectivity index (χ0v) is 13.7. The quantitative estimate of drug-likeness (QED) is 0.811. The lowest BCUT2D eigenvalue weighted by Crippen LogP contribution is -2.44. The topological polar surface area (TPSA) is 32.3 Å². The number of hydrogen-bond acceptors (Lipinski definition) is 3. The van der Waals surface area contributed by atoms with Gasteiger partial charge in [0.1, 0.15) is 0 Å². The number of nitrogens with zero attached hydrogens (tertiary/aromatic N) is 1. The van der Waals surface area contributed by atoms with E-state index >= 15 is 0 Å². The molecule has 0 spiro atoms. The van der Waals surface area contributed by atoms with Crippen LogP contribution in [0.5, 0.6) is 0 Å². The molecule has 3 aliphatic rings. The molecule has 3 nitrogen and oxygen atoms in total. The molecule has 2 heterocycles. The summed E-state index contributed by atoms with van der Waals surface area (Å²) in [4.78, 5) is 14.8. The third-order valence-corrected chi connectivity index (χ3v) is 6.42. The van der Waals surface area contributed by atoms with Crippen LogP contribution in [0.3, 0.4) is 0 Å². The lowest BCUT2D eigenvalue weighted by atomic mass is 9.92. The summed E-state index contributed by atoms with van der Waals surface area (Å²) in [5, 5.41) is 3.21. The highest BCUT2D eigenvalue weighted by Crippen LogP contribution is 2.26. The van der Waals surface area contributed by atoms with E-state index < -0.39 is 0 Å². The first-order valence-corrected chi connectivity index (χ1v) is 9.73. The molecule has 3 rings (SSSR count). The van der Waals surface area contributed by atoms with Gasteiger partial charge < -0.3 is 5.32 Å². The molecule has 1 N–H and O–H groups in total. The number of thioether (sulfide) groups is 1. The Morgan fingerprint density at radius 1 is 1.19 bits per heavy atom. The molecule has 0 bridgehead atoms. The van der Waals surface area contributed by atoms with E-state index in [0.29, 0.717) is 5.92 Å². The van der Waals surface area contributed by atoms with Gasteiger partial charge >= 0.3 is 0 Å². The zero-order chi connectivity index (χ0) is 14.5. The van der Waals surface area contributed by atoms with Crippen LogP contribution in [-0.2, 0) is 4.79 Å². The van der Waals surface area contributed by atoms with Crippen molar-refractivity contribution in [3.05, 3.63) is 12.2 Å². The summed E-state index contributed by atoms with van der Waals surface area (Å²) in [6, 6.07) is 0.833. The summed E-state index contributed by atoms with van der Waals surface area (Å²) >= 11 is 2.10. The van der Waals surface area contributed by atoms with Crippen LogP contribution in [0.2, 0.25) is 0 Å². The van der Waals surface area contributed by atoms with Gasteiger partial charge in [-0.25, -0.2) is 0 Å². The molecule has 0 unspecified atom stereocenters. The second-order valence-corrected chi connectivity index (χ2v) is 7.87. The highest BCUT2D eigenvalue weighted by atomic mass is 32.2. The van der Waals surface area contributed by atoms with E-state index in [1.165, 1.54) is 43.9 Å². The molecule has 1 aliphatic carbocycles. The number of piperidine rings is 1. The van der Waals surface area contributed by atoms with Gasteiger partial charge in [0.25, 0.3) is 0 Å². The highest BCUT2D eigenvalue weighted by molar-refractivity contribution is 7.99. The van der Waals surface area contributed by atoms with Crippen molar-refractivity contribution in [2.24, 2.45) is 11.8 Å². The molecule has 0 aromatic carbocycles. The van der Waals surface area contributed by atoms with E-state index in [0.717, 1.165) is 31.8 Å². The van der Waals surface area contributed by atoms with E-state index in [-0.39, 0.29) is 11.8 Å². The van der Waals surface area contributed by atoms with Crippen LogP contribution in [0.4, 0.5) is 0 Å². The number of hydrogen-bond donors (Lipinski definition) is 1. The maximum Gasteiger partial charge on any atom is 0.223 e. The van der Waals surface area contributed by atoms with Gasteiger partial charge in [0.05, 0.1) is 0 Å². The van der Waals surface area contributed by atoms with Crippen LogP contribution in [0.15, 0.2) is 12.2 Å². The number of carbonyl (C=O) groups is 1. The molecule has 2 fully saturated rings. The lowest BCUT2D eigenvalue weighted by Gasteiger charge is -2.35. The van der Waals surface area contributed by atoms with Gasteiger partial charge in [-0.3, -0.25) is 9.69 Å². The molecule has 21 heavy (non-hydrogen) atoms. The van der Waals surface area contributed by atoms with E-state index in [1.807, 2.05) is 0 Å². The minimum Gasteiger partial charge on any atom is -0.356 e. The Morgan fingerprint density at radius 3 is 2.71 bits per heavy atom. The van der Waals surface area contributed by atoms with Crippen molar-refractivity contribution in [2.75, 3.05) is 31.1 Å². The fourth-order valence-corrected chi connectivity index (χ4v) is 5.01. The third kappa shape index (κ3) is 4.26. The van der Waals surface area contributed by atoms with Crippen molar-refractivity contribution < 1.29 is 4.79 Å². The minimum absolute atomic E-state index is 0.227. The second-order valence-electron chi connectivity index (χ2n) is 6.72. The Balaban J connectivity index is 1.35. The molecule has 0 saturated carbocycles. The molecule has 2 aliphatic heterocycles. The molecule has 0 aromatic rings. The fraction of sp³-hybridized carbons (Fsp3) is 0.824. The minimum atomic E-state index is 0.227. The summed E-state index contributed by atoms with van der Waals surface area (Å²) in [6.45, 7) is 3.36. The summed E-state index contributed by atoms with van der Waals surface area (Å²) in [6.07, 6.45) is 11.3. The number of carbonyl (C=O) groups excluding carboxylic acids is 1. The number of likely N-dealkylation sites (tertiary alicyclic amines) is 1. The summed E-state index contributed by atoms with van der Waals surface area (Å²) in [5.74, 6) is 3.88. The van der Waals surface area contributed by atoms with Gasteiger partial charge in [0.2, 0.25) is 5.91 Å². The lowest BCUT2D eigenvalue weighted by molar-refractivity contribution is -0.125. The summed E-state index contributed by atoms with van der Waals surface area (Å²) in [5.41, 5.74) is 0. The Morgan fingerprint density at radius 2 is 2.05 bits per heavy atom. The molecule has 2 atom stereocenters. The standard InChI is InChI=1S/C17H28N2OS/c20-17(15-4-2-1-3-5-15)18-12-14-6-9-19(10-7-14)16-8-11-21-13-16/h1-2,14-16H,3-13H2,(H,18,20)/t15-,16-/m0/s1. The maximum atomic E-state index is 12.2. The normalized spacial score (nSPS) is 31.4. The average Bonchev–Trinajstić information content (AvgIpc) is 3.08. The van der Waals surface area contributed by atoms with E-state index in [4.69, 9.17) is 0 Å². The van der Waals surface area contributed by atoms with Gasteiger partial charge in [-0.05, 0) is 63.3 Å². The first-order valence-electron chi connectivity index (χ1n) is 8.57. The van der Waals surface area contributed by atoms with Crippen molar-refractivity contribution in [1.82, 2.24) is 10.2 Å². The SMILES string of the molecule is O=C(NCC1CCN([C@H]2CCSC2)CC1)[C@H]1CC=CCC1. The van der Waals surface area contributed by atoms with Crippen molar-refractivity contribution in [3.63, 3.8) is 0 Å². The van der Waals surface area contributed by atoms with Gasteiger partial charge in [-0.15, -0.1) is 0 Å². The predicted molar refractivity (Wildman–Crippen MR) is 89.5 cm³/mol. The van der Waals surface area contributed by atoms with Crippen LogP contribution >= 0.6 is 11.8 Å². The van der Waals surface area contributed by atoms with Crippen molar-refractivity contribution >= 4 is 17.7 Å². The molecule has 4 heteroatoms. The average molecular weight is 308 g/mol. The van der Waals surface area contributed by atoms with Gasteiger partial charge in [-0.1, -0.05) is 12.2 Å². The van der Waals surface area contributed by atoms with E-state index in [9.17, 15) is 4.79 Å². The molecule has 2 saturated heterocycles. The van der Waals surface area contributed by atoms with E-state index in [2.05, 4.69) is 34.1 Å². The number of allylic oxidation sites excluding steroid dienone is 2. The summed E-state index contributed by atoms with van der Waals surface area (Å²) in [7, 11) is 0. The first kappa shape index (κ1) is 15.4. The molecule has 1 amide bonds. The Hall–Kier alpha value is -0.480. The molecule has 0 aromatic heterocycles. The first-order chi connectivity index (χ1) is 10.3. The van der Waals surface area contributed by atoms with Gasteiger partial charge in [-0.2, -0.15) is 11.8 Å². The van der Waals surface area contributed by atoms with Crippen molar-refractivity contribution in [3.8, 4) is 0 Å². The van der Waals surface area contributed by atoms with Gasteiger partial charge in [0.15, 0.2) is 0 Å². The molecular weight excluding hydrogens is 280 g/mol. The van der Waals surface area contributed by atoms with Crippen LogP contribution in [0, 0.1) is 11.8 Å². The van der Waals surface area contributed by atoms with Gasteiger partial charge in [0, 0.05) is 24.3 Å². The Labute approximate surface area is 132 Å². The molecule has 118 valence electrons. The number of amides is 1. The van der Waals surface area contributed by atoms with Crippen molar-refractivity contribution in [1.29, 1.82) is 0 Å². The number of nitrogens with one attached hydrogen (secondary N) is 1. The fourth-order valence-electron chi connectivity index (χ4n) is 3.75. The largest absolute Gasteiger partial charge is 0.356 e. The smallest absolute Gasteiger partial charge is 0.223 e. The zero-order valence-electron chi connectivity index (χ0n) is 12.9. The van der Waals surface area contributed by atoms with E-state index in [1.54, 1.807) is 0 Å². The maximum absolute atomic E-state index is 12.2. The molecule has 0 radical (unpaired) electrons. The highest BCUT2D eigenvalue weighted by Gasteiger charge is 2.28. The predicted octanol–water partition coefficient (Wildman–Crippen LogP) is 2.68. The summed E-state index contributed by atoms with van der Waals surface area (Å²) < 4.78 is 0. The second kappa shape index (κ2) is 7.68. The monoisotopic (exact) mass is 308 g/mol.